The number of hydrogen-bond acceptors (Lipinski definition) is 2. The van der Waals surface area contributed by atoms with Gasteiger partial charge in [0, 0.05) is 25.2 Å². The van der Waals surface area contributed by atoms with Crippen molar-refractivity contribution in [3.8, 4) is 0 Å². The second kappa shape index (κ2) is 7.08. The highest BCUT2D eigenvalue weighted by Crippen LogP contribution is 2.30. The first-order valence-corrected chi connectivity index (χ1v) is 8.53. The summed E-state index contributed by atoms with van der Waals surface area (Å²) in [6.07, 6.45) is 7.24. The Labute approximate surface area is 120 Å². The minimum absolute atomic E-state index is 0.719. The minimum Gasteiger partial charge on any atom is -0.311 e. The first-order chi connectivity index (χ1) is 9.06. The van der Waals surface area contributed by atoms with Gasteiger partial charge < -0.3 is 5.32 Å². The van der Waals surface area contributed by atoms with Crippen molar-refractivity contribution in [2.24, 2.45) is 17.8 Å². The molecule has 2 nitrogen and oxygen atoms in total. The van der Waals surface area contributed by atoms with Crippen LogP contribution in [0.1, 0.15) is 59.8 Å². The topological polar surface area (TPSA) is 15.3 Å². The van der Waals surface area contributed by atoms with Gasteiger partial charge in [0.05, 0.1) is 0 Å². The van der Waals surface area contributed by atoms with Gasteiger partial charge in [-0.1, -0.05) is 47.0 Å². The number of rotatable bonds is 6. The zero-order chi connectivity index (χ0) is 13.8. The molecule has 0 spiro atoms. The van der Waals surface area contributed by atoms with Gasteiger partial charge in [-0.05, 0) is 37.1 Å². The second-order valence-corrected chi connectivity index (χ2v) is 7.63. The summed E-state index contributed by atoms with van der Waals surface area (Å²) in [6.45, 7) is 13.2. The van der Waals surface area contributed by atoms with Gasteiger partial charge in [-0.2, -0.15) is 0 Å². The molecule has 1 N–H and O–H groups in total. The van der Waals surface area contributed by atoms with Crippen LogP contribution in [0, 0.1) is 17.8 Å². The maximum atomic E-state index is 3.79. The molecule has 2 aliphatic rings. The van der Waals surface area contributed by atoms with Crippen LogP contribution in [0.4, 0.5) is 0 Å². The van der Waals surface area contributed by atoms with Crippen LogP contribution < -0.4 is 5.32 Å². The Morgan fingerprint density at radius 2 is 1.89 bits per heavy atom. The normalized spacial score (nSPS) is 30.0. The van der Waals surface area contributed by atoms with E-state index < -0.39 is 0 Å². The highest BCUT2D eigenvalue weighted by Gasteiger charge is 2.30. The molecule has 2 rings (SSSR count). The van der Waals surface area contributed by atoms with Crippen molar-refractivity contribution in [3.05, 3.63) is 0 Å². The zero-order valence-corrected chi connectivity index (χ0v) is 13.5. The van der Waals surface area contributed by atoms with Crippen molar-refractivity contribution in [1.82, 2.24) is 10.2 Å². The standard InChI is InChI=1S/C17H34N2/c1-13(2)10-16-12-19(9-8-15-6-5-7-15)17(11-18-16)14(3)4/h13-18H,5-12H2,1-4H3. The molecule has 1 aliphatic carbocycles. The summed E-state index contributed by atoms with van der Waals surface area (Å²) in [5, 5.41) is 3.79. The van der Waals surface area contributed by atoms with Crippen molar-refractivity contribution in [2.75, 3.05) is 19.6 Å². The first kappa shape index (κ1) is 15.3. The van der Waals surface area contributed by atoms with Crippen LogP contribution in [0.5, 0.6) is 0 Å². The van der Waals surface area contributed by atoms with E-state index in [1.54, 1.807) is 0 Å². The predicted molar refractivity (Wildman–Crippen MR) is 83.4 cm³/mol. The number of nitrogens with zero attached hydrogens (tertiary/aromatic N) is 1. The predicted octanol–water partition coefficient (Wildman–Crippen LogP) is 3.52. The number of hydrogen-bond donors (Lipinski definition) is 1. The summed E-state index contributed by atoms with van der Waals surface area (Å²) >= 11 is 0. The van der Waals surface area contributed by atoms with E-state index in [9.17, 15) is 0 Å². The van der Waals surface area contributed by atoms with E-state index in [2.05, 4.69) is 37.9 Å². The lowest BCUT2D eigenvalue weighted by Crippen LogP contribution is -2.58. The van der Waals surface area contributed by atoms with Crippen molar-refractivity contribution in [1.29, 1.82) is 0 Å². The first-order valence-electron chi connectivity index (χ1n) is 8.53. The van der Waals surface area contributed by atoms with Crippen LogP contribution in [-0.2, 0) is 0 Å². The molecule has 1 aliphatic heterocycles. The number of piperazine rings is 1. The van der Waals surface area contributed by atoms with Crippen LogP contribution in [-0.4, -0.2) is 36.6 Å². The van der Waals surface area contributed by atoms with Gasteiger partial charge in [0.25, 0.3) is 0 Å². The van der Waals surface area contributed by atoms with Gasteiger partial charge in [-0.3, -0.25) is 4.90 Å². The largest absolute Gasteiger partial charge is 0.311 e. The van der Waals surface area contributed by atoms with Gasteiger partial charge in [-0.25, -0.2) is 0 Å². The Balaban J connectivity index is 1.84. The molecule has 0 amide bonds. The maximum absolute atomic E-state index is 3.79. The van der Waals surface area contributed by atoms with Crippen molar-refractivity contribution in [2.45, 2.75) is 71.9 Å². The van der Waals surface area contributed by atoms with E-state index in [0.717, 1.165) is 29.8 Å². The van der Waals surface area contributed by atoms with E-state index >= 15 is 0 Å². The fraction of sp³-hybridized carbons (Fsp3) is 1.00. The van der Waals surface area contributed by atoms with Crippen LogP contribution in [0.15, 0.2) is 0 Å². The SMILES string of the molecule is CC(C)CC1CN(CCC2CCC2)C(C(C)C)CN1. The summed E-state index contributed by atoms with van der Waals surface area (Å²) < 4.78 is 0. The molecule has 0 aromatic rings. The molecule has 1 heterocycles. The molecule has 2 heteroatoms. The summed E-state index contributed by atoms with van der Waals surface area (Å²) in [4.78, 5) is 2.80. The van der Waals surface area contributed by atoms with Crippen LogP contribution >= 0.6 is 0 Å². The average Bonchev–Trinajstić information content (AvgIpc) is 2.25. The maximum Gasteiger partial charge on any atom is 0.0244 e. The fourth-order valence-electron chi connectivity index (χ4n) is 3.67. The van der Waals surface area contributed by atoms with E-state index in [1.165, 1.54) is 51.7 Å². The van der Waals surface area contributed by atoms with E-state index in [-0.39, 0.29) is 0 Å². The third-order valence-corrected chi connectivity index (χ3v) is 5.11. The third kappa shape index (κ3) is 4.46. The molecule has 1 saturated heterocycles. The lowest BCUT2D eigenvalue weighted by Gasteiger charge is -2.44. The van der Waals surface area contributed by atoms with Gasteiger partial charge in [0.1, 0.15) is 0 Å². The number of nitrogens with one attached hydrogen (secondary N) is 1. The Morgan fingerprint density at radius 1 is 1.16 bits per heavy atom. The summed E-state index contributed by atoms with van der Waals surface area (Å²) in [6, 6.07) is 1.47. The molecule has 0 aromatic heterocycles. The van der Waals surface area contributed by atoms with Gasteiger partial charge in [-0.15, -0.1) is 0 Å². The lowest BCUT2D eigenvalue weighted by atomic mass is 9.82. The van der Waals surface area contributed by atoms with Gasteiger partial charge in [0.2, 0.25) is 0 Å². The Kier molecular flexibility index (Phi) is 5.70. The summed E-state index contributed by atoms with van der Waals surface area (Å²) in [5.41, 5.74) is 0. The molecule has 1 saturated carbocycles. The molecular weight excluding hydrogens is 232 g/mol. The fourth-order valence-corrected chi connectivity index (χ4v) is 3.67. The van der Waals surface area contributed by atoms with Crippen molar-refractivity contribution < 1.29 is 0 Å². The third-order valence-electron chi connectivity index (χ3n) is 5.11. The van der Waals surface area contributed by atoms with Crippen LogP contribution in [0.3, 0.4) is 0 Å². The molecule has 112 valence electrons. The van der Waals surface area contributed by atoms with Crippen molar-refractivity contribution in [3.63, 3.8) is 0 Å². The van der Waals surface area contributed by atoms with E-state index in [4.69, 9.17) is 0 Å². The average molecular weight is 266 g/mol. The highest BCUT2D eigenvalue weighted by atomic mass is 15.2. The van der Waals surface area contributed by atoms with Crippen molar-refractivity contribution >= 4 is 0 Å². The summed E-state index contributed by atoms with van der Waals surface area (Å²) in [5.74, 6) is 2.63. The van der Waals surface area contributed by atoms with Gasteiger partial charge >= 0.3 is 0 Å². The Hall–Kier alpha value is -0.0800. The lowest BCUT2D eigenvalue weighted by molar-refractivity contribution is 0.0805. The minimum atomic E-state index is 0.719. The molecule has 2 fully saturated rings. The van der Waals surface area contributed by atoms with E-state index in [0.29, 0.717) is 0 Å². The van der Waals surface area contributed by atoms with Crippen LogP contribution in [0.25, 0.3) is 0 Å². The summed E-state index contributed by atoms with van der Waals surface area (Å²) in [7, 11) is 0. The molecular formula is C17H34N2. The molecule has 0 aromatic carbocycles. The monoisotopic (exact) mass is 266 g/mol. The molecule has 2 unspecified atom stereocenters. The quantitative estimate of drug-likeness (QED) is 0.791. The smallest absolute Gasteiger partial charge is 0.0244 e. The van der Waals surface area contributed by atoms with E-state index in [1.807, 2.05) is 0 Å². The Morgan fingerprint density at radius 3 is 2.42 bits per heavy atom. The van der Waals surface area contributed by atoms with Crippen LogP contribution in [0.2, 0.25) is 0 Å². The zero-order valence-electron chi connectivity index (χ0n) is 13.5. The molecule has 0 bridgehead atoms. The molecule has 19 heavy (non-hydrogen) atoms. The molecule has 2 atom stereocenters. The Bertz CT molecular complexity index is 258. The van der Waals surface area contributed by atoms with Gasteiger partial charge in [0.15, 0.2) is 0 Å². The second-order valence-electron chi connectivity index (χ2n) is 7.63. The highest BCUT2D eigenvalue weighted by molar-refractivity contribution is 4.88. The molecule has 0 radical (unpaired) electrons.